The maximum absolute atomic E-state index is 12.5. The van der Waals surface area contributed by atoms with Crippen LogP contribution in [-0.4, -0.2) is 13.4 Å². The maximum Gasteiger partial charge on any atom is 0.262 e. The molecule has 0 saturated heterocycles. The Labute approximate surface area is 137 Å². The average Bonchev–Trinajstić information content (AvgIpc) is 2.44. The van der Waals surface area contributed by atoms with Gasteiger partial charge in [0.05, 0.1) is 10.6 Å². The number of benzene rings is 2. The highest BCUT2D eigenvalue weighted by Crippen LogP contribution is 2.26. The van der Waals surface area contributed by atoms with Crippen LogP contribution in [0.3, 0.4) is 0 Å². The van der Waals surface area contributed by atoms with E-state index in [1.807, 2.05) is 13.0 Å². The molecule has 0 aliphatic rings. The number of hydrogen-bond acceptors (Lipinski definition) is 3. The Morgan fingerprint density at radius 3 is 2.52 bits per heavy atom. The van der Waals surface area contributed by atoms with Gasteiger partial charge in [0.1, 0.15) is 4.99 Å². The summed E-state index contributed by atoms with van der Waals surface area (Å²) in [4.78, 5) is 0.110. The van der Waals surface area contributed by atoms with Gasteiger partial charge in [0.25, 0.3) is 10.0 Å². The molecule has 2 aromatic rings. The third-order valence-electron chi connectivity index (χ3n) is 2.95. The smallest absolute Gasteiger partial charge is 0.262 e. The van der Waals surface area contributed by atoms with Crippen LogP contribution in [-0.2, 0) is 10.0 Å². The summed E-state index contributed by atoms with van der Waals surface area (Å²) in [6, 6.07) is 11.7. The zero-order chi connectivity index (χ0) is 15.6. The molecule has 21 heavy (non-hydrogen) atoms. The molecule has 0 radical (unpaired) electrons. The van der Waals surface area contributed by atoms with Crippen LogP contribution in [0.25, 0.3) is 0 Å². The zero-order valence-corrected chi connectivity index (χ0v) is 14.3. The molecule has 0 aromatic heterocycles. The molecule has 0 fully saturated rings. The third kappa shape index (κ3) is 3.42. The molecular weight excluding hydrogens is 372 g/mol. The predicted octanol–water partition coefficient (Wildman–Crippen LogP) is 3.19. The molecule has 0 saturated carbocycles. The van der Waals surface area contributed by atoms with E-state index >= 15 is 0 Å². The lowest BCUT2D eigenvalue weighted by molar-refractivity contribution is 0.601. The summed E-state index contributed by atoms with van der Waals surface area (Å²) in [6.07, 6.45) is 0. The molecule has 7 heteroatoms. The van der Waals surface area contributed by atoms with Crippen LogP contribution < -0.4 is 10.5 Å². The molecule has 2 rings (SSSR count). The van der Waals surface area contributed by atoms with Gasteiger partial charge in [-0.25, -0.2) is 8.42 Å². The highest BCUT2D eigenvalue weighted by atomic mass is 79.9. The Morgan fingerprint density at radius 2 is 1.86 bits per heavy atom. The summed E-state index contributed by atoms with van der Waals surface area (Å²) >= 11 is 8.28. The number of halogens is 1. The van der Waals surface area contributed by atoms with Crippen LogP contribution >= 0.6 is 28.1 Å². The number of thiocarbonyl (C=S) groups is 1. The Hall–Kier alpha value is -1.44. The molecule has 0 atom stereocenters. The number of hydrogen-bond donors (Lipinski definition) is 2. The number of nitrogens with one attached hydrogen (secondary N) is 1. The fourth-order valence-electron chi connectivity index (χ4n) is 1.82. The van der Waals surface area contributed by atoms with Gasteiger partial charge < -0.3 is 5.73 Å². The number of rotatable bonds is 4. The van der Waals surface area contributed by atoms with Crippen molar-refractivity contribution in [3.05, 3.63) is 58.1 Å². The second-order valence-electron chi connectivity index (χ2n) is 4.38. The van der Waals surface area contributed by atoms with Gasteiger partial charge in [-0.3, -0.25) is 4.72 Å². The molecule has 0 unspecified atom stereocenters. The number of sulfonamides is 1. The predicted molar refractivity (Wildman–Crippen MR) is 92.0 cm³/mol. The minimum atomic E-state index is -3.77. The standard InChI is InChI=1S/C14H13BrN2O2S2/c1-9-11(15)6-4-7-12(9)17-21(18,19)13-8-3-2-5-10(13)14(16)20/h2-8,17H,1H3,(H2,16,20). The Bertz CT molecular complexity index is 804. The van der Waals surface area contributed by atoms with Crippen molar-refractivity contribution in [3.8, 4) is 0 Å². The van der Waals surface area contributed by atoms with E-state index in [0.717, 1.165) is 10.0 Å². The topological polar surface area (TPSA) is 72.2 Å². The third-order valence-corrected chi connectivity index (χ3v) is 5.46. The van der Waals surface area contributed by atoms with Gasteiger partial charge in [0, 0.05) is 10.0 Å². The van der Waals surface area contributed by atoms with Crippen molar-refractivity contribution in [2.45, 2.75) is 11.8 Å². The molecule has 0 aliphatic carbocycles. The second kappa shape index (κ2) is 6.13. The van der Waals surface area contributed by atoms with Gasteiger partial charge in [0.15, 0.2) is 0 Å². The van der Waals surface area contributed by atoms with Crippen molar-refractivity contribution in [2.24, 2.45) is 5.73 Å². The summed E-state index contributed by atoms with van der Waals surface area (Å²) < 4.78 is 28.5. The van der Waals surface area contributed by atoms with Gasteiger partial charge in [0.2, 0.25) is 0 Å². The Balaban J connectivity index is 2.49. The van der Waals surface area contributed by atoms with Crippen LogP contribution in [0.5, 0.6) is 0 Å². The van der Waals surface area contributed by atoms with Gasteiger partial charge in [-0.15, -0.1) is 0 Å². The normalized spacial score (nSPS) is 11.1. The van der Waals surface area contributed by atoms with Crippen molar-refractivity contribution in [1.29, 1.82) is 0 Å². The summed E-state index contributed by atoms with van der Waals surface area (Å²) in [7, 11) is -3.77. The minimum Gasteiger partial charge on any atom is -0.389 e. The van der Waals surface area contributed by atoms with Crippen LogP contribution in [0.1, 0.15) is 11.1 Å². The van der Waals surface area contributed by atoms with Gasteiger partial charge in [-0.1, -0.05) is 52.4 Å². The number of anilines is 1. The number of nitrogens with two attached hydrogens (primary N) is 1. The highest BCUT2D eigenvalue weighted by molar-refractivity contribution is 9.10. The van der Waals surface area contributed by atoms with E-state index in [1.54, 1.807) is 30.3 Å². The molecule has 0 heterocycles. The van der Waals surface area contributed by atoms with Crippen LogP contribution in [0.2, 0.25) is 0 Å². The van der Waals surface area contributed by atoms with Crippen molar-refractivity contribution < 1.29 is 8.42 Å². The molecule has 0 amide bonds. The summed E-state index contributed by atoms with van der Waals surface area (Å²) in [5, 5.41) is 0. The molecule has 0 spiro atoms. The van der Waals surface area contributed by atoms with E-state index in [9.17, 15) is 8.42 Å². The zero-order valence-electron chi connectivity index (χ0n) is 11.1. The summed E-state index contributed by atoms with van der Waals surface area (Å²) in [5.74, 6) is 0. The van der Waals surface area contributed by atoms with Crippen LogP contribution in [0.4, 0.5) is 5.69 Å². The van der Waals surface area contributed by atoms with Crippen molar-refractivity contribution >= 4 is 48.8 Å². The van der Waals surface area contributed by atoms with Gasteiger partial charge in [-0.2, -0.15) is 0 Å². The first-order valence-electron chi connectivity index (χ1n) is 5.99. The first-order valence-corrected chi connectivity index (χ1v) is 8.68. The van der Waals surface area contributed by atoms with Crippen LogP contribution in [0.15, 0.2) is 51.8 Å². The summed E-state index contributed by atoms with van der Waals surface area (Å²) in [5.41, 5.74) is 7.22. The average molecular weight is 385 g/mol. The quantitative estimate of drug-likeness (QED) is 0.793. The second-order valence-corrected chi connectivity index (χ2v) is 7.32. The molecule has 110 valence electrons. The lowest BCUT2D eigenvalue weighted by Gasteiger charge is -2.13. The van der Waals surface area contributed by atoms with Crippen molar-refractivity contribution in [2.75, 3.05) is 4.72 Å². The maximum atomic E-state index is 12.5. The molecule has 2 aromatic carbocycles. The lowest BCUT2D eigenvalue weighted by atomic mass is 10.2. The minimum absolute atomic E-state index is 0.0435. The van der Waals surface area contributed by atoms with Gasteiger partial charge in [-0.05, 0) is 30.7 Å². The first-order chi connectivity index (χ1) is 9.83. The highest BCUT2D eigenvalue weighted by Gasteiger charge is 2.20. The first kappa shape index (κ1) is 15.9. The monoisotopic (exact) mass is 384 g/mol. The molecule has 0 bridgehead atoms. The van der Waals surface area contributed by atoms with Crippen molar-refractivity contribution in [3.63, 3.8) is 0 Å². The van der Waals surface area contributed by atoms with E-state index in [4.69, 9.17) is 18.0 Å². The summed E-state index contributed by atoms with van der Waals surface area (Å²) in [6.45, 7) is 1.82. The van der Waals surface area contributed by atoms with E-state index < -0.39 is 10.0 Å². The fourth-order valence-corrected chi connectivity index (χ4v) is 3.78. The molecule has 0 aliphatic heterocycles. The van der Waals surface area contributed by atoms with E-state index in [0.29, 0.717) is 11.3 Å². The lowest BCUT2D eigenvalue weighted by Crippen LogP contribution is -2.20. The van der Waals surface area contributed by atoms with Crippen LogP contribution in [0, 0.1) is 6.92 Å². The molecule has 4 nitrogen and oxygen atoms in total. The SMILES string of the molecule is Cc1c(Br)cccc1NS(=O)(=O)c1ccccc1C(N)=S. The van der Waals surface area contributed by atoms with E-state index in [1.165, 1.54) is 6.07 Å². The largest absolute Gasteiger partial charge is 0.389 e. The fraction of sp³-hybridized carbons (Fsp3) is 0.0714. The Kier molecular flexibility index (Phi) is 4.65. The van der Waals surface area contributed by atoms with E-state index in [-0.39, 0.29) is 9.88 Å². The van der Waals surface area contributed by atoms with E-state index in [2.05, 4.69) is 20.7 Å². The molecule has 3 N–H and O–H groups in total. The van der Waals surface area contributed by atoms with Crippen molar-refractivity contribution in [1.82, 2.24) is 0 Å². The molecular formula is C14H13BrN2O2S2. The Morgan fingerprint density at radius 1 is 1.19 bits per heavy atom. The van der Waals surface area contributed by atoms with Gasteiger partial charge >= 0.3 is 0 Å².